The van der Waals surface area contributed by atoms with Gasteiger partial charge in [0, 0.05) is 18.2 Å². The van der Waals surface area contributed by atoms with E-state index in [-0.39, 0.29) is 18.2 Å². The second-order valence-corrected chi connectivity index (χ2v) is 5.53. The molecule has 0 aliphatic heterocycles. The Kier molecular flexibility index (Phi) is 3.94. The van der Waals surface area contributed by atoms with Crippen LogP contribution < -0.4 is 5.32 Å². The van der Waals surface area contributed by atoms with Crippen LogP contribution in [0.1, 0.15) is 42.5 Å². The van der Waals surface area contributed by atoms with Crippen molar-refractivity contribution in [1.82, 2.24) is 15.1 Å². The Morgan fingerprint density at radius 3 is 2.22 bits per heavy atom. The summed E-state index contributed by atoms with van der Waals surface area (Å²) >= 11 is 0. The van der Waals surface area contributed by atoms with Gasteiger partial charge in [0.1, 0.15) is 0 Å². The van der Waals surface area contributed by atoms with Gasteiger partial charge in [0.2, 0.25) is 0 Å². The molecule has 1 heterocycles. The number of aromatic nitrogens is 2. The fraction of sp³-hybridized carbons (Fsp3) is 0.615. The van der Waals surface area contributed by atoms with E-state index in [9.17, 15) is 9.59 Å². The van der Waals surface area contributed by atoms with Crippen molar-refractivity contribution in [2.45, 2.75) is 34.6 Å². The SMILES string of the molecule is Cc1nn(C)c(C)c1C(=O)NCC(=O)C(C)(C)C. The molecule has 0 saturated carbocycles. The second-order valence-electron chi connectivity index (χ2n) is 5.53. The number of aryl methyl sites for hydroxylation is 2. The Morgan fingerprint density at radius 2 is 1.83 bits per heavy atom. The van der Waals surface area contributed by atoms with Gasteiger partial charge in [-0.3, -0.25) is 14.3 Å². The minimum atomic E-state index is -0.438. The molecule has 0 saturated heterocycles. The molecule has 1 rings (SSSR count). The molecule has 0 spiro atoms. The van der Waals surface area contributed by atoms with Crippen molar-refractivity contribution >= 4 is 11.7 Å². The molecule has 5 nitrogen and oxygen atoms in total. The number of carbonyl (C=O) groups excluding carboxylic acids is 2. The number of hydrogen-bond acceptors (Lipinski definition) is 3. The van der Waals surface area contributed by atoms with Gasteiger partial charge in [0.15, 0.2) is 5.78 Å². The largest absolute Gasteiger partial charge is 0.345 e. The molecular formula is C13H21N3O2. The van der Waals surface area contributed by atoms with Crippen LogP contribution in [0.3, 0.4) is 0 Å². The van der Waals surface area contributed by atoms with Gasteiger partial charge in [0.25, 0.3) is 5.91 Å². The van der Waals surface area contributed by atoms with Crippen LogP contribution in [0.5, 0.6) is 0 Å². The van der Waals surface area contributed by atoms with Gasteiger partial charge in [-0.1, -0.05) is 20.8 Å². The Bertz CT molecular complexity index is 481. The summed E-state index contributed by atoms with van der Waals surface area (Å²) < 4.78 is 1.66. The maximum Gasteiger partial charge on any atom is 0.255 e. The molecule has 1 aromatic rings. The fourth-order valence-electron chi connectivity index (χ4n) is 1.62. The number of Topliss-reactive ketones (excluding diaryl/α,β-unsaturated/α-hetero) is 1. The Balaban J connectivity index is 2.76. The maximum atomic E-state index is 12.0. The first-order valence-electron chi connectivity index (χ1n) is 5.96. The van der Waals surface area contributed by atoms with E-state index in [1.54, 1.807) is 18.7 Å². The van der Waals surface area contributed by atoms with Gasteiger partial charge in [-0.15, -0.1) is 0 Å². The van der Waals surface area contributed by atoms with Crippen LogP contribution in [0.4, 0.5) is 0 Å². The second kappa shape index (κ2) is 4.92. The van der Waals surface area contributed by atoms with E-state index in [1.807, 2.05) is 27.7 Å². The standard InChI is InChI=1S/C13H21N3O2/c1-8-11(9(2)16(6)15-8)12(18)14-7-10(17)13(3,4)5/h7H2,1-6H3,(H,14,18). The molecule has 1 amide bonds. The van der Waals surface area contributed by atoms with Crippen molar-refractivity contribution in [3.05, 3.63) is 17.0 Å². The molecular weight excluding hydrogens is 230 g/mol. The van der Waals surface area contributed by atoms with Crippen LogP contribution in [0.2, 0.25) is 0 Å². The van der Waals surface area contributed by atoms with Crippen molar-refractivity contribution in [2.24, 2.45) is 12.5 Å². The van der Waals surface area contributed by atoms with Crippen molar-refractivity contribution in [1.29, 1.82) is 0 Å². The first kappa shape index (κ1) is 14.4. The number of amides is 1. The number of nitrogens with zero attached hydrogens (tertiary/aromatic N) is 2. The van der Waals surface area contributed by atoms with Gasteiger partial charge in [-0.05, 0) is 13.8 Å². The van der Waals surface area contributed by atoms with E-state index in [0.29, 0.717) is 11.3 Å². The molecule has 0 radical (unpaired) electrons. The molecule has 5 heteroatoms. The molecule has 0 aromatic carbocycles. The van der Waals surface area contributed by atoms with Crippen molar-refractivity contribution in [2.75, 3.05) is 6.54 Å². The number of ketones is 1. The van der Waals surface area contributed by atoms with Crippen molar-refractivity contribution < 1.29 is 9.59 Å². The van der Waals surface area contributed by atoms with Crippen LogP contribution >= 0.6 is 0 Å². The highest BCUT2D eigenvalue weighted by atomic mass is 16.2. The zero-order valence-corrected chi connectivity index (χ0v) is 11.9. The van der Waals surface area contributed by atoms with E-state index in [4.69, 9.17) is 0 Å². The highest BCUT2D eigenvalue weighted by Gasteiger charge is 2.23. The normalized spacial score (nSPS) is 11.4. The van der Waals surface area contributed by atoms with E-state index in [0.717, 1.165) is 5.69 Å². The minimum Gasteiger partial charge on any atom is -0.345 e. The Morgan fingerprint density at radius 1 is 1.28 bits per heavy atom. The number of rotatable bonds is 3. The van der Waals surface area contributed by atoms with Crippen LogP contribution in [0, 0.1) is 19.3 Å². The lowest BCUT2D eigenvalue weighted by molar-refractivity contribution is -0.125. The van der Waals surface area contributed by atoms with Gasteiger partial charge >= 0.3 is 0 Å². The average Bonchev–Trinajstić information content (AvgIpc) is 2.48. The molecule has 100 valence electrons. The lowest BCUT2D eigenvalue weighted by Gasteiger charge is -2.16. The van der Waals surface area contributed by atoms with Crippen molar-refractivity contribution in [3.8, 4) is 0 Å². The predicted octanol–water partition coefficient (Wildman–Crippen LogP) is 1.38. The van der Waals surface area contributed by atoms with E-state index >= 15 is 0 Å². The van der Waals surface area contributed by atoms with Gasteiger partial charge in [-0.2, -0.15) is 5.10 Å². The van der Waals surface area contributed by atoms with E-state index < -0.39 is 5.41 Å². The molecule has 0 fully saturated rings. The summed E-state index contributed by atoms with van der Waals surface area (Å²) in [5, 5.41) is 6.84. The fourth-order valence-corrected chi connectivity index (χ4v) is 1.62. The number of hydrogen-bond donors (Lipinski definition) is 1. The third-order valence-corrected chi connectivity index (χ3v) is 2.98. The minimum absolute atomic E-state index is 0.00930. The molecule has 0 unspecified atom stereocenters. The Hall–Kier alpha value is -1.65. The summed E-state index contributed by atoms with van der Waals surface area (Å²) in [6.45, 7) is 9.18. The molecule has 0 aliphatic carbocycles. The summed E-state index contributed by atoms with van der Waals surface area (Å²) in [5.74, 6) is -0.231. The monoisotopic (exact) mass is 251 g/mol. The third kappa shape index (κ3) is 2.97. The molecule has 18 heavy (non-hydrogen) atoms. The quantitative estimate of drug-likeness (QED) is 0.882. The molecule has 1 aromatic heterocycles. The Labute approximate surface area is 108 Å². The van der Waals surface area contributed by atoms with E-state index in [2.05, 4.69) is 10.4 Å². The molecule has 1 N–H and O–H groups in total. The third-order valence-electron chi connectivity index (χ3n) is 2.98. The lowest BCUT2D eigenvalue weighted by Crippen LogP contribution is -2.35. The van der Waals surface area contributed by atoms with Crippen molar-refractivity contribution in [3.63, 3.8) is 0 Å². The number of carbonyl (C=O) groups is 2. The lowest BCUT2D eigenvalue weighted by atomic mass is 9.91. The molecule has 0 aliphatic rings. The van der Waals surface area contributed by atoms with Crippen LogP contribution in [-0.2, 0) is 11.8 Å². The van der Waals surface area contributed by atoms with Gasteiger partial charge in [-0.25, -0.2) is 0 Å². The van der Waals surface area contributed by atoms with Gasteiger partial charge in [0.05, 0.1) is 17.8 Å². The average molecular weight is 251 g/mol. The smallest absolute Gasteiger partial charge is 0.255 e. The van der Waals surface area contributed by atoms with E-state index in [1.165, 1.54) is 0 Å². The highest BCUT2D eigenvalue weighted by Crippen LogP contribution is 2.14. The topological polar surface area (TPSA) is 64.0 Å². The summed E-state index contributed by atoms with van der Waals surface area (Å²) in [6.07, 6.45) is 0. The zero-order valence-electron chi connectivity index (χ0n) is 11.9. The van der Waals surface area contributed by atoms with Crippen LogP contribution in [-0.4, -0.2) is 28.0 Å². The number of nitrogens with one attached hydrogen (secondary N) is 1. The summed E-state index contributed by atoms with van der Waals surface area (Å²) in [4.78, 5) is 23.8. The molecule has 0 bridgehead atoms. The summed E-state index contributed by atoms with van der Waals surface area (Å²) in [6, 6.07) is 0. The zero-order chi connectivity index (χ0) is 14.1. The first-order valence-corrected chi connectivity index (χ1v) is 5.96. The first-order chi connectivity index (χ1) is 8.14. The maximum absolute atomic E-state index is 12.0. The van der Waals surface area contributed by atoms with Crippen LogP contribution in [0.15, 0.2) is 0 Å². The van der Waals surface area contributed by atoms with Gasteiger partial charge < -0.3 is 5.32 Å². The summed E-state index contributed by atoms with van der Waals surface area (Å²) in [7, 11) is 1.79. The highest BCUT2D eigenvalue weighted by molar-refractivity contribution is 5.99. The summed E-state index contributed by atoms with van der Waals surface area (Å²) in [5.41, 5.74) is 1.59. The van der Waals surface area contributed by atoms with Crippen LogP contribution in [0.25, 0.3) is 0 Å². The predicted molar refractivity (Wildman–Crippen MR) is 69.5 cm³/mol. The molecule has 0 atom stereocenters.